The summed E-state index contributed by atoms with van der Waals surface area (Å²) in [6.07, 6.45) is 16.8. The van der Waals surface area contributed by atoms with E-state index in [4.69, 9.17) is 0 Å². The van der Waals surface area contributed by atoms with Gasteiger partial charge < -0.3 is 10.6 Å². The fourth-order valence-corrected chi connectivity index (χ4v) is 5.11. The highest BCUT2D eigenvalue weighted by atomic mass is 32.1. The van der Waals surface area contributed by atoms with E-state index in [0.717, 1.165) is 25.7 Å². The molecule has 0 saturated heterocycles. The monoisotopic (exact) mass is 394 g/mol. The Morgan fingerprint density at radius 3 is 1.37 bits per heavy atom. The maximum Gasteiger partial charge on any atom is 0.261 e. The van der Waals surface area contributed by atoms with Crippen LogP contribution in [0.1, 0.15) is 112 Å². The van der Waals surface area contributed by atoms with Gasteiger partial charge in [0, 0.05) is 14.9 Å². The molecule has 3 rings (SSSR count). The Bertz CT molecular complexity index is 557. The van der Waals surface area contributed by atoms with Crippen molar-refractivity contribution in [2.45, 2.75) is 102 Å². The van der Waals surface area contributed by atoms with Gasteiger partial charge in [-0.1, -0.05) is 64.2 Å². The highest BCUT2D eigenvalue weighted by Gasteiger charge is 2.20. The molecule has 1 aromatic rings. The Morgan fingerprint density at radius 1 is 0.667 bits per heavy atom. The van der Waals surface area contributed by atoms with Gasteiger partial charge in [0.2, 0.25) is 0 Å². The Hall–Kier alpha value is -1.36. The van der Waals surface area contributed by atoms with Crippen LogP contribution in [-0.4, -0.2) is 23.9 Å². The number of amides is 2. The summed E-state index contributed by atoms with van der Waals surface area (Å²) < 4.78 is 0. The molecule has 2 amide bonds. The van der Waals surface area contributed by atoms with Crippen LogP contribution in [0.15, 0.2) is 12.1 Å². The van der Waals surface area contributed by atoms with Gasteiger partial charge in [-0.3, -0.25) is 9.59 Å². The number of nitrogens with one attached hydrogen (secondary N) is 2. The molecule has 0 unspecified atom stereocenters. The van der Waals surface area contributed by atoms with Crippen LogP contribution in [0.3, 0.4) is 0 Å². The van der Waals surface area contributed by atoms with Crippen molar-refractivity contribution >= 4 is 23.2 Å². The van der Waals surface area contributed by atoms with Crippen molar-refractivity contribution in [2.24, 2.45) is 0 Å². The van der Waals surface area contributed by atoms with Gasteiger partial charge in [-0.05, 0) is 37.8 Å². The lowest BCUT2D eigenvalue weighted by Crippen LogP contribution is -2.35. The van der Waals surface area contributed by atoms with Gasteiger partial charge in [0.25, 0.3) is 11.8 Å². The second kappa shape index (κ2) is 10.8. The molecule has 0 aliphatic heterocycles. The van der Waals surface area contributed by atoms with Crippen molar-refractivity contribution in [3.8, 4) is 0 Å². The molecule has 2 aliphatic carbocycles. The van der Waals surface area contributed by atoms with Gasteiger partial charge in [-0.2, -0.15) is 0 Å². The Morgan fingerprint density at radius 2 is 1.00 bits per heavy atom. The van der Waals surface area contributed by atoms with Gasteiger partial charge in [-0.15, -0.1) is 11.3 Å². The third-order valence-electron chi connectivity index (χ3n) is 5.93. The predicted octanol–water partition coefficient (Wildman–Crippen LogP) is 5.93. The first-order valence-corrected chi connectivity index (χ1v) is 11.8. The quantitative estimate of drug-likeness (QED) is 0.665. The molecular weight excluding hydrogens is 356 g/mol. The number of hydrogen-bond acceptors (Lipinski definition) is 3. The van der Waals surface area contributed by atoms with Gasteiger partial charge in [-0.25, -0.2) is 0 Å². The molecular formula is C22H38N2O2S. The van der Waals surface area contributed by atoms with Gasteiger partial charge in [0.15, 0.2) is 0 Å². The van der Waals surface area contributed by atoms with Crippen LogP contribution in [0.5, 0.6) is 0 Å². The van der Waals surface area contributed by atoms with Crippen LogP contribution in [0.4, 0.5) is 0 Å². The molecule has 0 atom stereocenters. The van der Waals surface area contributed by atoms with Crippen molar-refractivity contribution in [1.82, 2.24) is 10.6 Å². The van der Waals surface area contributed by atoms with Crippen LogP contribution in [0.25, 0.3) is 0 Å². The fraction of sp³-hybridized carbons (Fsp3) is 0.727. The van der Waals surface area contributed by atoms with Gasteiger partial charge in [0.1, 0.15) is 0 Å². The normalized spacial score (nSPS) is 20.7. The molecule has 0 spiro atoms. The van der Waals surface area contributed by atoms with E-state index in [0.29, 0.717) is 9.75 Å². The number of hydrogen-bond donors (Lipinski definition) is 2. The largest absolute Gasteiger partial charge is 0.349 e. The molecule has 27 heavy (non-hydrogen) atoms. The zero-order chi connectivity index (χ0) is 18.9. The zero-order valence-corrected chi connectivity index (χ0v) is 17.3. The first-order chi connectivity index (χ1) is 13.2. The summed E-state index contributed by atoms with van der Waals surface area (Å²) in [7, 11) is 0. The maximum absolute atomic E-state index is 12.6. The van der Waals surface area contributed by atoms with Crippen molar-refractivity contribution in [1.29, 1.82) is 0 Å². The molecule has 1 aromatic heterocycles. The van der Waals surface area contributed by atoms with E-state index in [2.05, 4.69) is 10.6 Å². The lowest BCUT2D eigenvalue weighted by molar-refractivity contribution is 0.0927. The minimum absolute atomic E-state index is 0. The summed E-state index contributed by atoms with van der Waals surface area (Å²) in [5.74, 6) is -0.0360. The van der Waals surface area contributed by atoms with Crippen molar-refractivity contribution in [3.63, 3.8) is 0 Å². The van der Waals surface area contributed by atoms with Crippen LogP contribution in [0, 0.1) is 0 Å². The van der Waals surface area contributed by atoms with Gasteiger partial charge >= 0.3 is 0 Å². The number of thiophene rings is 1. The number of rotatable bonds is 4. The topological polar surface area (TPSA) is 58.2 Å². The predicted molar refractivity (Wildman–Crippen MR) is 116 cm³/mol. The van der Waals surface area contributed by atoms with Crippen molar-refractivity contribution < 1.29 is 12.4 Å². The molecule has 2 saturated carbocycles. The van der Waals surface area contributed by atoms with E-state index < -0.39 is 0 Å². The zero-order valence-electron chi connectivity index (χ0n) is 16.4. The fourth-order valence-electron chi connectivity index (χ4n) is 4.30. The number of carbonyl (C=O) groups excluding carboxylic acids is 2. The molecule has 1 heterocycles. The molecule has 2 aliphatic rings. The van der Waals surface area contributed by atoms with E-state index >= 15 is 0 Å². The number of carbonyl (C=O) groups is 2. The minimum atomic E-state index is -0.0180. The minimum Gasteiger partial charge on any atom is -0.349 e. The van der Waals surface area contributed by atoms with Gasteiger partial charge in [0.05, 0.1) is 9.75 Å². The summed E-state index contributed by atoms with van der Waals surface area (Å²) in [6, 6.07) is 4.17. The summed E-state index contributed by atoms with van der Waals surface area (Å²) in [5, 5.41) is 6.38. The Balaban J connectivity index is 0.00000210. The summed E-state index contributed by atoms with van der Waals surface area (Å²) in [4.78, 5) is 26.5. The third kappa shape index (κ3) is 6.63. The molecule has 2 N–H and O–H groups in total. The van der Waals surface area contributed by atoms with Crippen LogP contribution < -0.4 is 10.6 Å². The van der Waals surface area contributed by atoms with Crippen molar-refractivity contribution in [3.05, 3.63) is 21.9 Å². The van der Waals surface area contributed by atoms with E-state index in [-0.39, 0.29) is 26.8 Å². The average molecular weight is 395 g/mol. The smallest absolute Gasteiger partial charge is 0.261 e. The second-order valence-corrected chi connectivity index (χ2v) is 9.28. The molecule has 0 aromatic carbocycles. The molecule has 5 heteroatoms. The summed E-state index contributed by atoms with van der Waals surface area (Å²) in [6.45, 7) is 0. The van der Waals surface area contributed by atoms with Crippen LogP contribution in [-0.2, 0) is 0 Å². The molecule has 2 fully saturated rings. The standard InChI is InChI=1S/C22H34N2O2S.2H2/c25-21(23-17-11-7-3-1-4-8-12-17)19-15-16-20(27-19)22(26)24-18-13-9-5-2-6-10-14-18;;/h15-18H,1-14H2,(H,23,25)(H,24,26);2*1H. The first-order valence-electron chi connectivity index (χ1n) is 10.9. The molecule has 0 radical (unpaired) electrons. The molecule has 0 bridgehead atoms. The lowest BCUT2D eigenvalue weighted by Gasteiger charge is -2.21. The summed E-state index contributed by atoms with van der Waals surface area (Å²) >= 11 is 1.32. The van der Waals surface area contributed by atoms with Crippen molar-refractivity contribution in [2.75, 3.05) is 0 Å². The maximum atomic E-state index is 12.6. The SMILES string of the molecule is O=C(NC1CCCCCCC1)c1ccc(C(=O)NC2CCCCCCC2)s1.[HH].[HH]. The average Bonchev–Trinajstić information content (AvgIpc) is 3.09. The first kappa shape index (κ1) is 20.4. The van der Waals surface area contributed by atoms with E-state index in [1.807, 2.05) is 0 Å². The Labute approximate surface area is 170 Å². The van der Waals surface area contributed by atoms with E-state index in [1.54, 1.807) is 12.1 Å². The lowest BCUT2D eigenvalue weighted by atomic mass is 9.96. The molecule has 154 valence electrons. The summed E-state index contributed by atoms with van der Waals surface area (Å²) in [5.41, 5.74) is 0. The third-order valence-corrected chi connectivity index (χ3v) is 7.02. The molecule has 4 nitrogen and oxygen atoms in total. The highest BCUT2D eigenvalue weighted by Crippen LogP contribution is 2.21. The van der Waals surface area contributed by atoms with Crippen LogP contribution >= 0.6 is 11.3 Å². The Kier molecular flexibility index (Phi) is 8.18. The van der Waals surface area contributed by atoms with E-state index in [9.17, 15) is 9.59 Å². The van der Waals surface area contributed by atoms with Crippen LogP contribution in [0.2, 0.25) is 0 Å². The van der Waals surface area contributed by atoms with E-state index in [1.165, 1.54) is 75.5 Å². The highest BCUT2D eigenvalue weighted by molar-refractivity contribution is 7.15. The second-order valence-electron chi connectivity index (χ2n) is 8.19.